The van der Waals surface area contributed by atoms with Gasteiger partial charge in [0, 0.05) is 0 Å². The van der Waals surface area contributed by atoms with Crippen LogP contribution in [-0.4, -0.2) is 14.8 Å². The summed E-state index contributed by atoms with van der Waals surface area (Å²) in [6, 6.07) is 4.68. The molecule has 0 saturated carbocycles. The van der Waals surface area contributed by atoms with Crippen molar-refractivity contribution in [1.29, 1.82) is 0 Å². The van der Waals surface area contributed by atoms with E-state index < -0.39 is 0 Å². The zero-order valence-corrected chi connectivity index (χ0v) is 9.09. The first kappa shape index (κ1) is 10.1. The van der Waals surface area contributed by atoms with E-state index in [2.05, 4.69) is 10.2 Å². The molecule has 2 rings (SSSR count). The van der Waals surface area contributed by atoms with Crippen molar-refractivity contribution in [2.75, 3.05) is 0 Å². The van der Waals surface area contributed by atoms with Crippen LogP contribution in [0.1, 0.15) is 11.4 Å². The Bertz CT molecular complexity index is 468. The van der Waals surface area contributed by atoms with Gasteiger partial charge in [-0.1, -0.05) is 0 Å². The minimum Gasteiger partial charge on any atom is -0.270 e. The second-order valence-corrected chi connectivity index (χ2v) is 3.68. The summed E-state index contributed by atoms with van der Waals surface area (Å²) in [4.78, 5) is 0. The van der Waals surface area contributed by atoms with Crippen molar-refractivity contribution >= 4 is 11.6 Å². The van der Waals surface area contributed by atoms with Crippen molar-refractivity contribution in [2.24, 2.45) is 0 Å². The molecule has 15 heavy (non-hydrogen) atoms. The summed E-state index contributed by atoms with van der Waals surface area (Å²) < 4.78 is 14.8. The molecule has 2 aromatic rings. The molecule has 3 nitrogen and oxygen atoms in total. The maximum Gasteiger partial charge on any atom is 0.229 e. The quantitative estimate of drug-likeness (QED) is 0.747. The van der Waals surface area contributed by atoms with E-state index in [1.54, 1.807) is 11.5 Å². The molecule has 0 fully saturated rings. The Kier molecular flexibility index (Phi) is 2.44. The van der Waals surface area contributed by atoms with E-state index in [4.69, 9.17) is 11.6 Å². The summed E-state index contributed by atoms with van der Waals surface area (Å²) in [6.07, 6.45) is 0. The molecule has 78 valence electrons. The van der Waals surface area contributed by atoms with Gasteiger partial charge in [-0.15, -0.1) is 10.2 Å². The van der Waals surface area contributed by atoms with Gasteiger partial charge >= 0.3 is 0 Å². The molecule has 1 aromatic heterocycles. The Morgan fingerprint density at radius 2 is 1.93 bits per heavy atom. The second-order valence-electron chi connectivity index (χ2n) is 3.34. The SMILES string of the molecule is Cc1cc(F)cc(-n2c(C)nnc2Cl)c1. The maximum atomic E-state index is 13.2. The van der Waals surface area contributed by atoms with Crippen molar-refractivity contribution in [3.8, 4) is 5.69 Å². The fraction of sp³-hybridized carbons (Fsp3) is 0.200. The molecule has 0 amide bonds. The smallest absolute Gasteiger partial charge is 0.229 e. The maximum absolute atomic E-state index is 13.2. The summed E-state index contributed by atoms with van der Waals surface area (Å²) >= 11 is 5.85. The fourth-order valence-electron chi connectivity index (χ4n) is 1.48. The van der Waals surface area contributed by atoms with Crippen LogP contribution in [-0.2, 0) is 0 Å². The van der Waals surface area contributed by atoms with E-state index in [1.165, 1.54) is 12.1 Å². The lowest BCUT2D eigenvalue weighted by molar-refractivity contribution is 0.625. The number of hydrogen-bond acceptors (Lipinski definition) is 2. The molecular formula is C10H9ClFN3. The van der Waals surface area contributed by atoms with Crippen molar-refractivity contribution in [2.45, 2.75) is 13.8 Å². The predicted molar refractivity (Wildman–Crippen MR) is 55.8 cm³/mol. The van der Waals surface area contributed by atoms with Crippen LogP contribution in [0.4, 0.5) is 4.39 Å². The van der Waals surface area contributed by atoms with Gasteiger partial charge in [0.2, 0.25) is 5.28 Å². The number of benzene rings is 1. The van der Waals surface area contributed by atoms with Crippen LogP contribution in [0, 0.1) is 19.7 Å². The first-order chi connectivity index (χ1) is 7.08. The molecule has 1 aromatic carbocycles. The molecular weight excluding hydrogens is 217 g/mol. The standard InChI is InChI=1S/C10H9ClFN3/c1-6-3-8(12)5-9(4-6)15-7(2)13-14-10(15)11/h3-5H,1-2H3. The van der Waals surface area contributed by atoms with E-state index >= 15 is 0 Å². The van der Waals surface area contributed by atoms with Crippen LogP contribution in [0.3, 0.4) is 0 Å². The minimum absolute atomic E-state index is 0.234. The number of hydrogen-bond donors (Lipinski definition) is 0. The molecule has 0 aliphatic heterocycles. The van der Waals surface area contributed by atoms with Gasteiger partial charge in [0.25, 0.3) is 0 Å². The number of halogens is 2. The van der Waals surface area contributed by atoms with Gasteiger partial charge in [0.1, 0.15) is 11.6 Å². The normalized spacial score (nSPS) is 10.7. The second kappa shape index (κ2) is 3.62. The third-order valence-electron chi connectivity index (χ3n) is 2.07. The van der Waals surface area contributed by atoms with Gasteiger partial charge in [-0.05, 0) is 49.2 Å². The summed E-state index contributed by atoms with van der Waals surface area (Å²) in [7, 11) is 0. The summed E-state index contributed by atoms with van der Waals surface area (Å²) in [5, 5.41) is 7.75. The Labute approximate surface area is 91.5 Å². The summed E-state index contributed by atoms with van der Waals surface area (Å²) in [5.74, 6) is 0.333. The molecule has 0 saturated heterocycles. The van der Waals surface area contributed by atoms with Gasteiger partial charge in [-0.25, -0.2) is 4.39 Å². The average molecular weight is 226 g/mol. The zero-order chi connectivity index (χ0) is 11.0. The number of rotatable bonds is 1. The molecule has 0 spiro atoms. The van der Waals surface area contributed by atoms with Gasteiger partial charge < -0.3 is 0 Å². The van der Waals surface area contributed by atoms with Gasteiger partial charge in [0.15, 0.2) is 0 Å². The fourth-order valence-corrected chi connectivity index (χ4v) is 1.73. The van der Waals surface area contributed by atoms with E-state index in [1.807, 2.05) is 13.0 Å². The van der Waals surface area contributed by atoms with Gasteiger partial charge in [-0.2, -0.15) is 0 Å². The number of nitrogens with zero attached hydrogens (tertiary/aromatic N) is 3. The van der Waals surface area contributed by atoms with Crippen LogP contribution >= 0.6 is 11.6 Å². The van der Waals surface area contributed by atoms with Gasteiger partial charge in [0.05, 0.1) is 5.69 Å². The first-order valence-corrected chi connectivity index (χ1v) is 4.81. The molecule has 0 radical (unpaired) electrons. The highest BCUT2D eigenvalue weighted by molar-refractivity contribution is 6.28. The van der Waals surface area contributed by atoms with Crippen LogP contribution in [0.15, 0.2) is 18.2 Å². The Hall–Kier alpha value is -1.42. The highest BCUT2D eigenvalue weighted by Gasteiger charge is 2.09. The third-order valence-corrected chi connectivity index (χ3v) is 2.32. The molecule has 0 N–H and O–H groups in total. The summed E-state index contributed by atoms with van der Waals surface area (Å²) in [6.45, 7) is 3.58. The predicted octanol–water partition coefficient (Wildman–Crippen LogP) is 2.68. The molecule has 0 bridgehead atoms. The van der Waals surface area contributed by atoms with Crippen LogP contribution in [0.25, 0.3) is 5.69 Å². The average Bonchev–Trinajstić information content (AvgIpc) is 2.44. The highest BCUT2D eigenvalue weighted by Crippen LogP contribution is 2.18. The lowest BCUT2D eigenvalue weighted by atomic mass is 10.2. The molecule has 0 aliphatic rings. The van der Waals surface area contributed by atoms with Crippen molar-refractivity contribution in [3.63, 3.8) is 0 Å². The minimum atomic E-state index is -0.297. The molecule has 0 aliphatic carbocycles. The van der Waals surface area contributed by atoms with Crippen molar-refractivity contribution < 1.29 is 4.39 Å². The molecule has 0 atom stereocenters. The van der Waals surface area contributed by atoms with E-state index in [9.17, 15) is 4.39 Å². The molecule has 0 unspecified atom stereocenters. The number of aryl methyl sites for hydroxylation is 2. The molecule has 5 heteroatoms. The van der Waals surface area contributed by atoms with Crippen molar-refractivity contribution in [1.82, 2.24) is 14.8 Å². The van der Waals surface area contributed by atoms with Crippen molar-refractivity contribution in [3.05, 3.63) is 40.7 Å². The summed E-state index contributed by atoms with van der Waals surface area (Å²) in [5.41, 5.74) is 1.47. The third kappa shape index (κ3) is 1.85. The lowest BCUT2D eigenvalue weighted by Crippen LogP contribution is -1.98. The van der Waals surface area contributed by atoms with Crippen LogP contribution < -0.4 is 0 Å². The Morgan fingerprint density at radius 3 is 2.47 bits per heavy atom. The van der Waals surface area contributed by atoms with Crippen LogP contribution in [0.5, 0.6) is 0 Å². The Morgan fingerprint density at radius 1 is 1.20 bits per heavy atom. The van der Waals surface area contributed by atoms with E-state index in [0.717, 1.165) is 5.56 Å². The largest absolute Gasteiger partial charge is 0.270 e. The Balaban J connectivity index is 2.63. The van der Waals surface area contributed by atoms with E-state index in [0.29, 0.717) is 11.5 Å². The highest BCUT2D eigenvalue weighted by atomic mass is 35.5. The van der Waals surface area contributed by atoms with Crippen LogP contribution in [0.2, 0.25) is 5.28 Å². The molecule has 1 heterocycles. The van der Waals surface area contributed by atoms with Gasteiger partial charge in [-0.3, -0.25) is 4.57 Å². The lowest BCUT2D eigenvalue weighted by Gasteiger charge is -2.06. The first-order valence-electron chi connectivity index (χ1n) is 4.43. The monoisotopic (exact) mass is 225 g/mol. The topological polar surface area (TPSA) is 30.7 Å². The zero-order valence-electron chi connectivity index (χ0n) is 8.33. The van der Waals surface area contributed by atoms with E-state index in [-0.39, 0.29) is 11.1 Å². The number of aromatic nitrogens is 3.